The molecule has 2 fully saturated rings. The zero-order valence-electron chi connectivity index (χ0n) is 29.0. The lowest BCUT2D eigenvalue weighted by molar-refractivity contribution is -0.542. The summed E-state index contributed by atoms with van der Waals surface area (Å²) in [4.78, 5) is 11.7. The molecule has 11 heteroatoms. The van der Waals surface area contributed by atoms with Gasteiger partial charge in [0.05, 0.1) is 18.8 Å². The van der Waals surface area contributed by atoms with Gasteiger partial charge in [0.15, 0.2) is 31.2 Å². The van der Waals surface area contributed by atoms with Gasteiger partial charge in [0.2, 0.25) is 6.04 Å². The van der Waals surface area contributed by atoms with Crippen LogP contribution in [0.15, 0.2) is 0 Å². The number of ether oxygens (including phenoxy) is 2. The van der Waals surface area contributed by atoms with Crippen LogP contribution in [0.1, 0.15) is 94.4 Å². The number of hydrogen-bond acceptors (Lipinski definition) is 7. The third kappa shape index (κ3) is 9.42. The van der Waals surface area contributed by atoms with E-state index in [1.54, 1.807) is 0 Å². The highest BCUT2D eigenvalue weighted by Gasteiger charge is 2.52. The molecule has 41 heavy (non-hydrogen) atoms. The van der Waals surface area contributed by atoms with Crippen LogP contribution < -0.4 is 0 Å². The van der Waals surface area contributed by atoms with Crippen molar-refractivity contribution in [3.05, 3.63) is 10.1 Å². The van der Waals surface area contributed by atoms with Crippen molar-refractivity contribution < 1.29 is 27.7 Å². The summed E-state index contributed by atoms with van der Waals surface area (Å²) >= 11 is 0. The molecule has 0 amide bonds. The van der Waals surface area contributed by atoms with E-state index in [0.29, 0.717) is 25.9 Å². The first-order chi connectivity index (χ1) is 18.3. The van der Waals surface area contributed by atoms with Crippen LogP contribution in [0.2, 0.25) is 54.4 Å². The van der Waals surface area contributed by atoms with Gasteiger partial charge in [-0.3, -0.25) is 10.1 Å². The van der Waals surface area contributed by atoms with Gasteiger partial charge in [0, 0.05) is 17.8 Å². The van der Waals surface area contributed by atoms with Gasteiger partial charge in [-0.2, -0.15) is 0 Å². The molecule has 0 bridgehead atoms. The molecule has 1 aliphatic heterocycles. The zero-order chi connectivity index (χ0) is 31.8. The first-order valence-corrected chi connectivity index (χ1v) is 24.5. The first-order valence-electron chi connectivity index (χ1n) is 15.7. The van der Waals surface area contributed by atoms with Crippen molar-refractivity contribution in [2.45, 2.75) is 186 Å². The lowest BCUT2D eigenvalue weighted by Gasteiger charge is -2.51. The quantitative estimate of drug-likeness (QED) is 0.135. The fourth-order valence-corrected chi connectivity index (χ4v) is 8.32. The normalized spacial score (nSPS) is 29.4. The number of hydrogen-bond donors (Lipinski definition) is 0. The molecule has 6 atom stereocenters. The molecule has 8 nitrogen and oxygen atoms in total. The summed E-state index contributed by atoms with van der Waals surface area (Å²) in [5, 5.41) is 11.9. The van der Waals surface area contributed by atoms with Gasteiger partial charge >= 0.3 is 0 Å². The van der Waals surface area contributed by atoms with Crippen molar-refractivity contribution in [2.24, 2.45) is 0 Å². The van der Waals surface area contributed by atoms with E-state index < -0.39 is 49.5 Å². The average molecular weight is 634 g/mol. The van der Waals surface area contributed by atoms with E-state index in [9.17, 15) is 10.1 Å². The third-order valence-electron chi connectivity index (χ3n) is 10.7. The first kappa shape index (κ1) is 37.0. The van der Waals surface area contributed by atoms with Crippen LogP contribution in [0.3, 0.4) is 0 Å². The summed E-state index contributed by atoms with van der Waals surface area (Å²) in [5.74, 6) is 0. The van der Waals surface area contributed by atoms with Crippen molar-refractivity contribution in [2.75, 3.05) is 6.61 Å². The Kier molecular flexibility index (Phi) is 11.8. The summed E-state index contributed by atoms with van der Waals surface area (Å²) in [6.07, 6.45) is 1.46. The molecule has 2 rings (SSSR count). The van der Waals surface area contributed by atoms with E-state index >= 15 is 0 Å². The summed E-state index contributed by atoms with van der Waals surface area (Å²) in [7, 11) is -6.51. The van der Waals surface area contributed by atoms with Crippen molar-refractivity contribution in [3.63, 3.8) is 0 Å². The largest absolute Gasteiger partial charge is 0.414 e. The van der Waals surface area contributed by atoms with Crippen LogP contribution in [0.5, 0.6) is 0 Å². The Hall–Kier alpha value is -0.149. The number of nitro groups is 1. The Labute approximate surface area is 254 Å². The van der Waals surface area contributed by atoms with Gasteiger partial charge in [-0.05, 0) is 67.2 Å². The Morgan fingerprint density at radius 1 is 0.756 bits per heavy atom. The van der Waals surface area contributed by atoms with E-state index in [-0.39, 0.29) is 32.2 Å². The van der Waals surface area contributed by atoms with Crippen LogP contribution in [-0.2, 0) is 22.8 Å². The fourth-order valence-electron chi connectivity index (χ4n) is 4.63. The molecule has 0 aromatic rings. The maximum Gasteiger partial charge on any atom is 0.238 e. The lowest BCUT2D eigenvalue weighted by Crippen LogP contribution is -2.61. The van der Waals surface area contributed by atoms with Gasteiger partial charge in [-0.1, -0.05) is 68.7 Å². The summed E-state index contributed by atoms with van der Waals surface area (Å²) in [6, 6.07) is -0.699. The highest BCUT2D eigenvalue weighted by molar-refractivity contribution is 6.75. The van der Waals surface area contributed by atoms with Crippen molar-refractivity contribution in [3.8, 4) is 0 Å². The second kappa shape index (κ2) is 13.1. The van der Waals surface area contributed by atoms with Gasteiger partial charge in [-0.25, -0.2) is 0 Å². The molecule has 1 saturated heterocycles. The minimum absolute atomic E-state index is 0.00768. The minimum atomic E-state index is -2.22. The van der Waals surface area contributed by atoms with Crippen LogP contribution >= 0.6 is 0 Å². The predicted octanol–water partition coefficient (Wildman–Crippen LogP) is 8.51. The van der Waals surface area contributed by atoms with E-state index in [1.807, 2.05) is 0 Å². The van der Waals surface area contributed by atoms with Crippen LogP contribution in [0.4, 0.5) is 0 Å². The molecular formula is C30H63NO7Si3. The molecule has 0 aromatic carbocycles. The molecular weight excluding hydrogens is 571 g/mol. The van der Waals surface area contributed by atoms with Crippen molar-refractivity contribution in [1.82, 2.24) is 0 Å². The lowest BCUT2D eigenvalue weighted by atomic mass is 9.92. The topological polar surface area (TPSA) is 89.3 Å². The Morgan fingerprint density at radius 2 is 1.24 bits per heavy atom. The summed E-state index contributed by atoms with van der Waals surface area (Å²) in [5.41, 5.74) is 0. The summed E-state index contributed by atoms with van der Waals surface area (Å²) in [6.45, 7) is 34.2. The van der Waals surface area contributed by atoms with E-state index in [2.05, 4.69) is 102 Å². The molecule has 0 aromatic heterocycles. The maximum absolute atomic E-state index is 11.9. The fraction of sp³-hybridized carbons (Fsp3) is 1.00. The highest BCUT2D eigenvalue weighted by atomic mass is 28.4. The second-order valence-electron chi connectivity index (χ2n) is 17.0. The molecule has 2 aliphatic rings. The Balaban J connectivity index is 2.51. The SMILES string of the molecule is CC(C)(C)[Si](C)(C)OC[C@H]1OC(O[C@@H]2CCCC[C@@H]2[N+](=O)[O-])C[C@@H](O[Si](C)(C)C(C)(C)C)[C@@H]1O[Si](C)(C)C(C)(C)C. The van der Waals surface area contributed by atoms with Crippen LogP contribution in [-0.4, -0.2) is 73.2 Å². The monoisotopic (exact) mass is 633 g/mol. The predicted molar refractivity (Wildman–Crippen MR) is 175 cm³/mol. The smallest absolute Gasteiger partial charge is 0.238 e. The van der Waals surface area contributed by atoms with Crippen molar-refractivity contribution >= 4 is 25.0 Å². The minimum Gasteiger partial charge on any atom is -0.414 e. The van der Waals surface area contributed by atoms with Gasteiger partial charge in [-0.15, -0.1) is 0 Å². The Morgan fingerprint density at radius 3 is 1.73 bits per heavy atom. The third-order valence-corrected chi connectivity index (χ3v) is 24.1. The van der Waals surface area contributed by atoms with Gasteiger partial charge in [0.1, 0.15) is 12.2 Å². The molecule has 1 unspecified atom stereocenters. The Bertz CT molecular complexity index is 877. The molecule has 242 valence electrons. The highest BCUT2D eigenvalue weighted by Crippen LogP contribution is 2.44. The maximum atomic E-state index is 11.9. The molecule has 1 saturated carbocycles. The second-order valence-corrected chi connectivity index (χ2v) is 31.3. The van der Waals surface area contributed by atoms with Crippen LogP contribution in [0.25, 0.3) is 0 Å². The van der Waals surface area contributed by atoms with E-state index in [4.69, 9.17) is 22.8 Å². The van der Waals surface area contributed by atoms with Gasteiger partial charge < -0.3 is 22.8 Å². The van der Waals surface area contributed by atoms with E-state index in [1.165, 1.54) is 0 Å². The number of nitrogens with zero attached hydrogens (tertiary/aromatic N) is 1. The molecule has 0 N–H and O–H groups in total. The van der Waals surface area contributed by atoms with Gasteiger partial charge in [0.25, 0.3) is 0 Å². The molecule has 1 heterocycles. The summed E-state index contributed by atoms with van der Waals surface area (Å²) < 4.78 is 34.2. The van der Waals surface area contributed by atoms with E-state index in [0.717, 1.165) is 12.8 Å². The van der Waals surface area contributed by atoms with Crippen molar-refractivity contribution in [1.29, 1.82) is 0 Å². The zero-order valence-corrected chi connectivity index (χ0v) is 32.0. The number of rotatable bonds is 10. The standard InChI is InChI=1S/C30H63NO7Si3/c1-28(2,3)39(10,11)34-21-25-27(38-41(14,15)30(7,8)9)24(37-40(12,13)29(4,5)6)20-26(36-25)35-23-19-17-16-18-22(23)31(32)33/h22-27H,16-21H2,1-15H3/t22-,23+,24+,25+,26?,27-/m0/s1. The molecule has 0 spiro atoms. The molecule has 1 aliphatic carbocycles. The average Bonchev–Trinajstić information content (AvgIpc) is 2.77. The molecule has 0 radical (unpaired) electrons. The van der Waals surface area contributed by atoms with Crippen LogP contribution in [0, 0.1) is 10.1 Å².